The molecule has 0 radical (unpaired) electrons. The van der Waals surface area contributed by atoms with Crippen molar-refractivity contribution in [3.8, 4) is 5.75 Å². The first-order chi connectivity index (χ1) is 11.1. The molecule has 7 heteroatoms. The zero-order valence-corrected chi connectivity index (χ0v) is 13.4. The molecule has 1 aromatic heterocycles. The molecule has 1 saturated heterocycles. The minimum Gasteiger partial charge on any atom is -0.508 e. The van der Waals surface area contributed by atoms with E-state index in [2.05, 4.69) is 15.3 Å². The van der Waals surface area contributed by atoms with Gasteiger partial charge < -0.3 is 25.0 Å². The summed E-state index contributed by atoms with van der Waals surface area (Å²) in [6.45, 7) is 5.49. The maximum Gasteiger partial charge on any atom is 0.409 e. The van der Waals surface area contributed by atoms with Crippen molar-refractivity contribution < 1.29 is 14.6 Å². The molecule has 1 fully saturated rings. The normalized spacial score (nSPS) is 15.8. The molecule has 1 aromatic carbocycles. The molecule has 1 amide bonds. The molecule has 0 saturated carbocycles. The molecule has 1 aliphatic heterocycles. The number of nitrogens with one attached hydrogen (secondary N) is 2. The van der Waals surface area contributed by atoms with E-state index in [4.69, 9.17) is 4.74 Å². The summed E-state index contributed by atoms with van der Waals surface area (Å²) in [6, 6.07) is 3.63. The number of aromatic nitrogens is 2. The number of hydrogen-bond donors (Lipinski definition) is 3. The molecule has 1 aliphatic rings. The van der Waals surface area contributed by atoms with Gasteiger partial charge in [0.2, 0.25) is 5.95 Å². The molecule has 0 aliphatic carbocycles. The van der Waals surface area contributed by atoms with Gasteiger partial charge in [0.05, 0.1) is 17.6 Å². The number of aromatic amines is 1. The van der Waals surface area contributed by atoms with Crippen LogP contribution in [0.1, 0.15) is 25.3 Å². The van der Waals surface area contributed by atoms with Gasteiger partial charge in [-0.1, -0.05) is 0 Å². The lowest BCUT2D eigenvalue weighted by molar-refractivity contribution is 0.0983. The van der Waals surface area contributed by atoms with E-state index in [1.54, 1.807) is 17.0 Å². The van der Waals surface area contributed by atoms with Crippen LogP contribution in [-0.2, 0) is 4.74 Å². The number of ether oxygens (including phenoxy) is 1. The van der Waals surface area contributed by atoms with Crippen LogP contribution in [0, 0.1) is 6.92 Å². The van der Waals surface area contributed by atoms with Crippen molar-refractivity contribution >= 4 is 23.1 Å². The number of piperidine rings is 1. The minimum absolute atomic E-state index is 0.230. The average molecular weight is 318 g/mol. The molecule has 7 nitrogen and oxygen atoms in total. The highest BCUT2D eigenvalue weighted by molar-refractivity contribution is 5.82. The number of aryl methyl sites for hydroxylation is 1. The van der Waals surface area contributed by atoms with Crippen LogP contribution in [0.4, 0.5) is 10.7 Å². The maximum absolute atomic E-state index is 11.7. The van der Waals surface area contributed by atoms with Gasteiger partial charge in [0.1, 0.15) is 5.75 Å². The summed E-state index contributed by atoms with van der Waals surface area (Å²) in [6.07, 6.45) is 1.46. The van der Waals surface area contributed by atoms with Gasteiger partial charge in [0.25, 0.3) is 0 Å². The predicted octanol–water partition coefficient (Wildman–Crippen LogP) is 2.61. The Kier molecular flexibility index (Phi) is 4.27. The molecule has 2 heterocycles. The summed E-state index contributed by atoms with van der Waals surface area (Å²) in [5.41, 5.74) is 2.60. The number of H-pyrrole nitrogens is 1. The Morgan fingerprint density at radius 1 is 1.48 bits per heavy atom. The first-order valence-electron chi connectivity index (χ1n) is 7.94. The highest BCUT2D eigenvalue weighted by atomic mass is 16.6. The lowest BCUT2D eigenvalue weighted by atomic mass is 10.1. The van der Waals surface area contributed by atoms with Crippen LogP contribution in [0.25, 0.3) is 11.0 Å². The molecule has 0 spiro atoms. The Hall–Kier alpha value is -2.44. The third kappa shape index (κ3) is 3.33. The van der Waals surface area contributed by atoms with Crippen LogP contribution in [-0.4, -0.2) is 51.8 Å². The van der Waals surface area contributed by atoms with Crippen LogP contribution in [0.15, 0.2) is 12.1 Å². The zero-order chi connectivity index (χ0) is 16.4. The number of carbonyl (C=O) groups is 1. The highest BCUT2D eigenvalue weighted by Crippen LogP contribution is 2.24. The summed E-state index contributed by atoms with van der Waals surface area (Å²) >= 11 is 0. The van der Waals surface area contributed by atoms with Crippen LogP contribution >= 0.6 is 0 Å². The molecule has 0 bridgehead atoms. The van der Waals surface area contributed by atoms with Crippen molar-refractivity contribution in [2.75, 3.05) is 25.0 Å². The fourth-order valence-corrected chi connectivity index (χ4v) is 2.95. The number of benzene rings is 1. The quantitative estimate of drug-likeness (QED) is 0.809. The summed E-state index contributed by atoms with van der Waals surface area (Å²) in [4.78, 5) is 21.2. The second-order valence-corrected chi connectivity index (χ2v) is 5.85. The Morgan fingerprint density at radius 2 is 2.22 bits per heavy atom. The van der Waals surface area contributed by atoms with E-state index in [-0.39, 0.29) is 17.9 Å². The first kappa shape index (κ1) is 15.5. The van der Waals surface area contributed by atoms with Gasteiger partial charge in [0.15, 0.2) is 0 Å². The Bertz CT molecular complexity index is 705. The molecule has 23 heavy (non-hydrogen) atoms. The average Bonchev–Trinajstić information content (AvgIpc) is 2.91. The standard InChI is InChI=1S/C16H22N4O3/c1-3-23-16(22)20-6-4-11(5-7-20)17-15-18-13-9-12(21)8-10(2)14(13)19-15/h8-9,11,21H,3-7H2,1-2H3,(H2,17,18,19). The number of phenols is 1. The third-order valence-electron chi connectivity index (χ3n) is 4.12. The number of anilines is 1. The van der Waals surface area contributed by atoms with Crippen LogP contribution in [0.5, 0.6) is 5.75 Å². The second-order valence-electron chi connectivity index (χ2n) is 5.85. The van der Waals surface area contributed by atoms with E-state index in [1.165, 1.54) is 0 Å². The lowest BCUT2D eigenvalue weighted by Gasteiger charge is -2.31. The second kappa shape index (κ2) is 6.36. The topological polar surface area (TPSA) is 90.5 Å². The van der Waals surface area contributed by atoms with Gasteiger partial charge in [-0.05, 0) is 38.3 Å². The maximum atomic E-state index is 11.7. The van der Waals surface area contributed by atoms with E-state index in [1.807, 2.05) is 13.8 Å². The van der Waals surface area contributed by atoms with Gasteiger partial charge in [-0.3, -0.25) is 0 Å². The number of imidazole rings is 1. The van der Waals surface area contributed by atoms with E-state index in [0.717, 1.165) is 29.4 Å². The van der Waals surface area contributed by atoms with Crippen LogP contribution in [0.3, 0.4) is 0 Å². The molecule has 124 valence electrons. The third-order valence-corrected chi connectivity index (χ3v) is 4.12. The summed E-state index contributed by atoms with van der Waals surface area (Å²) in [5.74, 6) is 0.927. The minimum atomic E-state index is -0.235. The van der Waals surface area contributed by atoms with Crippen molar-refractivity contribution in [1.29, 1.82) is 0 Å². The van der Waals surface area contributed by atoms with Crippen molar-refractivity contribution in [2.24, 2.45) is 0 Å². The number of carbonyl (C=O) groups excluding carboxylic acids is 1. The van der Waals surface area contributed by atoms with Gasteiger partial charge >= 0.3 is 6.09 Å². The highest BCUT2D eigenvalue weighted by Gasteiger charge is 2.24. The predicted molar refractivity (Wildman–Crippen MR) is 87.7 cm³/mol. The van der Waals surface area contributed by atoms with Crippen molar-refractivity contribution in [3.63, 3.8) is 0 Å². The van der Waals surface area contributed by atoms with E-state index in [0.29, 0.717) is 25.6 Å². The van der Waals surface area contributed by atoms with E-state index >= 15 is 0 Å². The summed E-state index contributed by atoms with van der Waals surface area (Å²) in [5, 5.41) is 13.0. The fourth-order valence-electron chi connectivity index (χ4n) is 2.95. The Labute approximate surface area is 134 Å². The van der Waals surface area contributed by atoms with Gasteiger partial charge in [0, 0.05) is 25.2 Å². The van der Waals surface area contributed by atoms with Gasteiger partial charge in [-0.25, -0.2) is 9.78 Å². The van der Waals surface area contributed by atoms with Crippen LogP contribution < -0.4 is 5.32 Å². The number of phenolic OH excluding ortho intramolecular Hbond substituents is 1. The van der Waals surface area contributed by atoms with E-state index in [9.17, 15) is 9.90 Å². The smallest absolute Gasteiger partial charge is 0.409 e. The largest absolute Gasteiger partial charge is 0.508 e. The number of nitrogens with zero attached hydrogens (tertiary/aromatic N) is 2. The molecule has 0 atom stereocenters. The molecule has 3 rings (SSSR count). The SMILES string of the molecule is CCOC(=O)N1CCC(Nc2nc3c(C)cc(O)cc3[nH]2)CC1. The molecular formula is C16H22N4O3. The number of hydrogen-bond acceptors (Lipinski definition) is 5. The zero-order valence-electron chi connectivity index (χ0n) is 13.4. The molecule has 0 unspecified atom stereocenters. The lowest BCUT2D eigenvalue weighted by Crippen LogP contribution is -2.42. The van der Waals surface area contributed by atoms with Crippen LogP contribution in [0.2, 0.25) is 0 Å². The summed E-state index contributed by atoms with van der Waals surface area (Å²) < 4.78 is 5.02. The number of amides is 1. The van der Waals surface area contributed by atoms with Crippen molar-refractivity contribution in [3.05, 3.63) is 17.7 Å². The summed E-state index contributed by atoms with van der Waals surface area (Å²) in [7, 11) is 0. The molecule has 3 N–H and O–H groups in total. The van der Waals surface area contributed by atoms with Gasteiger partial charge in [-0.2, -0.15) is 0 Å². The molecular weight excluding hydrogens is 296 g/mol. The van der Waals surface area contributed by atoms with E-state index < -0.39 is 0 Å². The number of aromatic hydroxyl groups is 1. The Balaban J connectivity index is 1.63. The van der Waals surface area contributed by atoms with Crippen molar-refractivity contribution in [2.45, 2.75) is 32.7 Å². The first-order valence-corrected chi connectivity index (χ1v) is 7.94. The monoisotopic (exact) mass is 318 g/mol. The fraction of sp³-hybridized carbons (Fsp3) is 0.500. The van der Waals surface area contributed by atoms with Gasteiger partial charge in [-0.15, -0.1) is 0 Å². The number of likely N-dealkylation sites (tertiary alicyclic amines) is 1. The molecule has 2 aromatic rings. The number of fused-ring (bicyclic) bond motifs is 1. The Morgan fingerprint density at radius 3 is 2.91 bits per heavy atom. The number of rotatable bonds is 3. The van der Waals surface area contributed by atoms with Crippen molar-refractivity contribution in [1.82, 2.24) is 14.9 Å².